The Bertz CT molecular complexity index is 508. The molecular weight excluding hydrogens is 279 g/mol. The van der Waals surface area contributed by atoms with E-state index in [2.05, 4.69) is 5.32 Å². The van der Waals surface area contributed by atoms with E-state index in [1.807, 2.05) is 6.92 Å². The van der Waals surface area contributed by atoms with Crippen LogP contribution >= 0.6 is 0 Å². The number of carboxylic acids is 1. The van der Waals surface area contributed by atoms with Crippen LogP contribution < -0.4 is 5.32 Å². The second-order valence-corrected chi connectivity index (χ2v) is 4.84. The summed E-state index contributed by atoms with van der Waals surface area (Å²) in [5.74, 6) is -1.15. The molecule has 0 spiro atoms. The Morgan fingerprint density at radius 3 is 2.76 bits per heavy atom. The maximum Gasteiger partial charge on any atom is 0.303 e. The third-order valence-electron chi connectivity index (χ3n) is 3.37. The van der Waals surface area contributed by atoms with E-state index in [-0.39, 0.29) is 23.7 Å². The molecule has 1 unspecified atom stereocenters. The number of nitro groups is 1. The fraction of sp³-hybridized carbons (Fsp3) is 0.500. The molecule has 6 nitrogen and oxygen atoms in total. The highest BCUT2D eigenvalue weighted by molar-refractivity contribution is 5.66. The molecule has 1 aromatic rings. The number of aliphatic carboxylic acids is 1. The molecule has 0 heterocycles. The topological polar surface area (TPSA) is 92.5 Å². The first-order chi connectivity index (χ1) is 9.93. The van der Waals surface area contributed by atoms with Gasteiger partial charge < -0.3 is 10.4 Å². The number of hydrogen-bond donors (Lipinski definition) is 2. The van der Waals surface area contributed by atoms with Gasteiger partial charge in [0.15, 0.2) is 0 Å². The molecule has 0 aliphatic rings. The normalized spacial score (nSPS) is 11.9. The van der Waals surface area contributed by atoms with E-state index in [9.17, 15) is 19.3 Å². The average Bonchev–Trinajstić information content (AvgIpc) is 2.42. The standard InChI is InChI=1S/C14H19FN2O4/c1-2-10(3-6-14(18)19)7-8-16-12-9-11(15)4-5-13(12)17(20)21/h4-5,9-10,16H,2-3,6-8H2,1H3,(H,18,19). The van der Waals surface area contributed by atoms with E-state index in [1.54, 1.807) is 0 Å². The van der Waals surface area contributed by atoms with Crippen molar-refractivity contribution in [2.45, 2.75) is 32.6 Å². The van der Waals surface area contributed by atoms with Gasteiger partial charge in [-0.2, -0.15) is 0 Å². The summed E-state index contributed by atoms with van der Waals surface area (Å²) in [6, 6.07) is 3.26. The molecule has 0 saturated heterocycles. The Morgan fingerprint density at radius 2 is 2.19 bits per heavy atom. The first-order valence-corrected chi connectivity index (χ1v) is 6.83. The second-order valence-electron chi connectivity index (χ2n) is 4.84. The summed E-state index contributed by atoms with van der Waals surface area (Å²) in [7, 11) is 0. The third kappa shape index (κ3) is 5.76. The summed E-state index contributed by atoms with van der Waals surface area (Å²) in [4.78, 5) is 20.8. The van der Waals surface area contributed by atoms with Crippen LogP contribution in [0.25, 0.3) is 0 Å². The van der Waals surface area contributed by atoms with Gasteiger partial charge in [0.2, 0.25) is 0 Å². The maximum absolute atomic E-state index is 13.1. The quantitative estimate of drug-likeness (QED) is 0.538. The highest BCUT2D eigenvalue weighted by Gasteiger charge is 2.15. The van der Waals surface area contributed by atoms with Gasteiger partial charge in [0, 0.05) is 25.1 Å². The van der Waals surface area contributed by atoms with E-state index in [4.69, 9.17) is 5.11 Å². The second kappa shape index (κ2) is 8.18. The van der Waals surface area contributed by atoms with Gasteiger partial charge in [0.05, 0.1) is 4.92 Å². The molecule has 0 saturated carbocycles. The number of nitro benzene ring substituents is 1. The highest BCUT2D eigenvalue weighted by Crippen LogP contribution is 2.25. The van der Waals surface area contributed by atoms with Crippen LogP contribution in [-0.2, 0) is 4.79 Å². The minimum absolute atomic E-state index is 0.110. The molecular formula is C14H19FN2O4. The predicted octanol–water partition coefficient (Wildman–Crippen LogP) is 3.43. The molecule has 7 heteroatoms. The van der Waals surface area contributed by atoms with Gasteiger partial charge in [0.25, 0.3) is 5.69 Å². The largest absolute Gasteiger partial charge is 0.481 e. The highest BCUT2D eigenvalue weighted by atomic mass is 19.1. The lowest BCUT2D eigenvalue weighted by Crippen LogP contribution is -2.11. The van der Waals surface area contributed by atoms with Crippen LogP contribution in [0.15, 0.2) is 18.2 Å². The first kappa shape index (κ1) is 16.9. The zero-order chi connectivity index (χ0) is 15.8. The minimum Gasteiger partial charge on any atom is -0.481 e. The molecule has 0 radical (unpaired) electrons. The maximum atomic E-state index is 13.1. The molecule has 0 fully saturated rings. The number of benzene rings is 1. The number of nitrogens with zero attached hydrogens (tertiary/aromatic N) is 1. The molecule has 116 valence electrons. The van der Waals surface area contributed by atoms with Crippen LogP contribution in [0, 0.1) is 21.8 Å². The molecule has 0 aliphatic heterocycles. The molecule has 0 aliphatic carbocycles. The van der Waals surface area contributed by atoms with Crippen LogP contribution in [0.1, 0.15) is 32.6 Å². The van der Waals surface area contributed by atoms with Crippen LogP contribution in [0.5, 0.6) is 0 Å². The Balaban J connectivity index is 2.56. The Kier molecular flexibility index (Phi) is 6.58. The number of carbonyl (C=O) groups is 1. The Morgan fingerprint density at radius 1 is 1.48 bits per heavy atom. The SMILES string of the molecule is CCC(CCNc1cc(F)ccc1[N+](=O)[O-])CCC(=O)O. The number of carboxylic acid groups (broad SMARTS) is 1. The van der Waals surface area contributed by atoms with Gasteiger partial charge in [0.1, 0.15) is 11.5 Å². The fourth-order valence-electron chi connectivity index (χ4n) is 2.10. The summed E-state index contributed by atoms with van der Waals surface area (Å²) in [6.07, 6.45) is 2.19. The first-order valence-electron chi connectivity index (χ1n) is 6.83. The summed E-state index contributed by atoms with van der Waals surface area (Å²) in [5.41, 5.74) is -0.0249. The molecule has 21 heavy (non-hydrogen) atoms. The van der Waals surface area contributed by atoms with Gasteiger partial charge in [-0.05, 0) is 24.8 Å². The Hall–Kier alpha value is -2.18. The average molecular weight is 298 g/mol. The lowest BCUT2D eigenvalue weighted by molar-refractivity contribution is -0.384. The zero-order valence-electron chi connectivity index (χ0n) is 11.8. The van der Waals surface area contributed by atoms with Crippen molar-refractivity contribution in [3.63, 3.8) is 0 Å². The van der Waals surface area contributed by atoms with Crippen molar-refractivity contribution < 1.29 is 19.2 Å². The van der Waals surface area contributed by atoms with Gasteiger partial charge in [-0.1, -0.05) is 13.3 Å². The van der Waals surface area contributed by atoms with Gasteiger partial charge >= 0.3 is 5.97 Å². The van der Waals surface area contributed by atoms with Crippen molar-refractivity contribution in [2.75, 3.05) is 11.9 Å². The predicted molar refractivity (Wildman–Crippen MR) is 76.8 cm³/mol. The van der Waals surface area contributed by atoms with Crippen molar-refractivity contribution in [1.82, 2.24) is 0 Å². The van der Waals surface area contributed by atoms with Gasteiger partial charge in [-0.3, -0.25) is 14.9 Å². The van der Waals surface area contributed by atoms with E-state index >= 15 is 0 Å². The van der Waals surface area contributed by atoms with Crippen LogP contribution in [0.3, 0.4) is 0 Å². The van der Waals surface area contributed by atoms with Crippen LogP contribution in [0.2, 0.25) is 0 Å². The molecule has 1 atom stereocenters. The summed E-state index contributed by atoms with van der Waals surface area (Å²) >= 11 is 0. The number of hydrogen-bond acceptors (Lipinski definition) is 4. The molecule has 0 amide bonds. The van der Waals surface area contributed by atoms with E-state index in [1.165, 1.54) is 0 Å². The number of anilines is 1. The molecule has 0 bridgehead atoms. The van der Waals surface area contributed by atoms with Crippen molar-refractivity contribution in [2.24, 2.45) is 5.92 Å². The van der Waals surface area contributed by atoms with Crippen LogP contribution in [0.4, 0.5) is 15.8 Å². The zero-order valence-corrected chi connectivity index (χ0v) is 11.8. The Labute approximate surface area is 122 Å². The van der Waals surface area contributed by atoms with E-state index < -0.39 is 16.7 Å². The summed E-state index contributed by atoms with van der Waals surface area (Å²) < 4.78 is 13.1. The van der Waals surface area contributed by atoms with E-state index in [0.717, 1.165) is 24.6 Å². The third-order valence-corrected chi connectivity index (χ3v) is 3.37. The molecule has 1 rings (SSSR count). The monoisotopic (exact) mass is 298 g/mol. The lowest BCUT2D eigenvalue weighted by atomic mass is 9.96. The summed E-state index contributed by atoms with van der Waals surface area (Å²) in [6.45, 7) is 2.40. The molecule has 0 aromatic heterocycles. The number of nitrogens with one attached hydrogen (secondary N) is 1. The van der Waals surface area contributed by atoms with E-state index in [0.29, 0.717) is 19.4 Å². The fourth-order valence-corrected chi connectivity index (χ4v) is 2.10. The summed E-state index contributed by atoms with van der Waals surface area (Å²) in [5, 5.41) is 22.4. The van der Waals surface area contributed by atoms with Crippen molar-refractivity contribution in [1.29, 1.82) is 0 Å². The number of rotatable bonds is 9. The lowest BCUT2D eigenvalue weighted by Gasteiger charge is -2.14. The smallest absolute Gasteiger partial charge is 0.303 e. The minimum atomic E-state index is -0.831. The number of halogens is 1. The van der Waals surface area contributed by atoms with Gasteiger partial charge in [-0.25, -0.2) is 4.39 Å². The van der Waals surface area contributed by atoms with Crippen molar-refractivity contribution in [3.8, 4) is 0 Å². The van der Waals surface area contributed by atoms with Gasteiger partial charge in [-0.15, -0.1) is 0 Å². The van der Waals surface area contributed by atoms with Crippen LogP contribution in [-0.4, -0.2) is 22.5 Å². The van der Waals surface area contributed by atoms with Crippen molar-refractivity contribution >= 4 is 17.3 Å². The molecule has 1 aromatic carbocycles. The van der Waals surface area contributed by atoms with Crippen molar-refractivity contribution in [3.05, 3.63) is 34.1 Å². The molecule has 2 N–H and O–H groups in total.